The minimum atomic E-state index is 0.220. The van der Waals surface area contributed by atoms with Crippen LogP contribution in [-0.2, 0) is 6.42 Å². The highest BCUT2D eigenvalue weighted by Crippen LogP contribution is 2.18. The largest absolute Gasteiger partial charge is 0.368 e. The van der Waals surface area contributed by atoms with E-state index in [1.54, 1.807) is 0 Å². The van der Waals surface area contributed by atoms with E-state index in [1.165, 1.54) is 17.3 Å². The Kier molecular flexibility index (Phi) is 3.99. The molecule has 3 N–H and O–H groups in total. The summed E-state index contributed by atoms with van der Waals surface area (Å²) < 4.78 is 0. The number of halogens is 1. The van der Waals surface area contributed by atoms with Crippen LogP contribution in [0.2, 0.25) is 5.02 Å². The number of nitrogens with two attached hydrogens (primary N) is 1. The van der Waals surface area contributed by atoms with E-state index in [4.69, 9.17) is 17.3 Å². The van der Waals surface area contributed by atoms with Gasteiger partial charge in [0, 0.05) is 6.54 Å². The highest BCUT2D eigenvalue weighted by molar-refractivity contribution is 6.32. The lowest BCUT2D eigenvalue weighted by atomic mass is 10.1. The molecule has 0 saturated heterocycles. The van der Waals surface area contributed by atoms with Crippen LogP contribution in [0.3, 0.4) is 0 Å². The van der Waals surface area contributed by atoms with Gasteiger partial charge in [-0.05, 0) is 24.5 Å². The summed E-state index contributed by atoms with van der Waals surface area (Å²) in [5.41, 5.74) is 8.11. The van der Waals surface area contributed by atoms with Crippen molar-refractivity contribution in [3.63, 3.8) is 0 Å². The van der Waals surface area contributed by atoms with Crippen LogP contribution in [0.5, 0.6) is 0 Å². The van der Waals surface area contributed by atoms with Gasteiger partial charge in [0.2, 0.25) is 5.95 Å². The summed E-state index contributed by atoms with van der Waals surface area (Å²) >= 11 is 5.97. The van der Waals surface area contributed by atoms with E-state index in [-0.39, 0.29) is 5.95 Å². The third-order valence-electron chi connectivity index (χ3n) is 2.71. The predicted octanol–water partition coefficient (Wildman–Crippen LogP) is 2.68. The molecule has 0 unspecified atom stereocenters. The van der Waals surface area contributed by atoms with Gasteiger partial charge >= 0.3 is 0 Å². The van der Waals surface area contributed by atoms with Crippen molar-refractivity contribution >= 4 is 23.4 Å². The van der Waals surface area contributed by atoms with Crippen LogP contribution in [0.4, 0.5) is 11.8 Å². The molecule has 0 fully saturated rings. The van der Waals surface area contributed by atoms with Crippen molar-refractivity contribution in [1.29, 1.82) is 0 Å². The Bertz CT molecular complexity index is 542. The van der Waals surface area contributed by atoms with Crippen molar-refractivity contribution < 1.29 is 0 Å². The van der Waals surface area contributed by atoms with Gasteiger partial charge in [0.25, 0.3) is 0 Å². The Morgan fingerprint density at radius 3 is 2.89 bits per heavy atom. The molecule has 0 bridgehead atoms. The molecule has 18 heavy (non-hydrogen) atoms. The predicted molar refractivity (Wildman–Crippen MR) is 74.8 cm³/mol. The summed E-state index contributed by atoms with van der Waals surface area (Å²) in [5, 5.41) is 3.65. The summed E-state index contributed by atoms with van der Waals surface area (Å²) in [6.07, 6.45) is 2.41. The molecule has 0 saturated carbocycles. The third-order valence-corrected chi connectivity index (χ3v) is 2.99. The van der Waals surface area contributed by atoms with Gasteiger partial charge in [0.1, 0.15) is 10.8 Å². The second-order valence-corrected chi connectivity index (χ2v) is 4.44. The monoisotopic (exact) mass is 262 g/mol. The molecular weight excluding hydrogens is 248 g/mol. The average molecular weight is 263 g/mol. The van der Waals surface area contributed by atoms with E-state index in [0.29, 0.717) is 10.8 Å². The molecule has 5 heteroatoms. The van der Waals surface area contributed by atoms with Crippen molar-refractivity contribution in [2.24, 2.45) is 0 Å². The Morgan fingerprint density at radius 2 is 2.11 bits per heavy atom. The van der Waals surface area contributed by atoms with Gasteiger partial charge in [0.15, 0.2) is 0 Å². The van der Waals surface area contributed by atoms with Gasteiger partial charge < -0.3 is 11.1 Å². The molecule has 1 aromatic carbocycles. The van der Waals surface area contributed by atoms with Gasteiger partial charge in [-0.15, -0.1) is 0 Å². The normalized spacial score (nSPS) is 10.3. The van der Waals surface area contributed by atoms with Crippen LogP contribution < -0.4 is 11.1 Å². The smallest absolute Gasteiger partial charge is 0.222 e. The molecule has 0 aliphatic rings. The molecule has 0 aliphatic heterocycles. The minimum absolute atomic E-state index is 0.220. The summed E-state index contributed by atoms with van der Waals surface area (Å²) in [5.74, 6) is 0.801. The fourth-order valence-electron chi connectivity index (χ4n) is 1.71. The lowest BCUT2D eigenvalue weighted by molar-refractivity contribution is 0.990. The first-order valence-electron chi connectivity index (χ1n) is 5.73. The van der Waals surface area contributed by atoms with Gasteiger partial charge in [-0.2, -0.15) is 4.98 Å². The number of rotatable bonds is 4. The Labute approximate surface area is 111 Å². The molecule has 2 rings (SSSR count). The zero-order chi connectivity index (χ0) is 13.0. The van der Waals surface area contributed by atoms with Crippen molar-refractivity contribution in [3.8, 4) is 0 Å². The zero-order valence-electron chi connectivity index (χ0n) is 10.2. The molecule has 2 aromatic rings. The number of benzene rings is 1. The molecule has 4 nitrogen and oxygen atoms in total. The maximum Gasteiger partial charge on any atom is 0.222 e. The van der Waals surface area contributed by atoms with Crippen molar-refractivity contribution in [2.75, 3.05) is 17.6 Å². The first-order valence-corrected chi connectivity index (χ1v) is 6.11. The molecule has 94 valence electrons. The number of anilines is 2. The van der Waals surface area contributed by atoms with Crippen LogP contribution in [0.15, 0.2) is 30.5 Å². The topological polar surface area (TPSA) is 63.8 Å². The number of hydrogen-bond donors (Lipinski definition) is 2. The number of nitrogen functional groups attached to an aromatic ring is 1. The van der Waals surface area contributed by atoms with Gasteiger partial charge in [-0.25, -0.2) is 4.98 Å². The van der Waals surface area contributed by atoms with E-state index < -0.39 is 0 Å². The number of aryl methyl sites for hydroxylation is 1. The fraction of sp³-hybridized carbons (Fsp3) is 0.231. The van der Waals surface area contributed by atoms with Crippen LogP contribution in [-0.4, -0.2) is 16.5 Å². The number of nitrogens with one attached hydrogen (secondary N) is 1. The maximum absolute atomic E-state index is 5.97. The molecule has 1 aromatic heterocycles. The molecule has 1 heterocycles. The summed E-state index contributed by atoms with van der Waals surface area (Å²) in [7, 11) is 0. The SMILES string of the molecule is Cc1ccccc1CCNc1nc(N)ncc1Cl. The molecule has 0 aliphatic carbocycles. The van der Waals surface area contributed by atoms with Crippen LogP contribution in [0.1, 0.15) is 11.1 Å². The van der Waals surface area contributed by atoms with Gasteiger partial charge in [-0.1, -0.05) is 35.9 Å². The second-order valence-electron chi connectivity index (χ2n) is 4.03. The molecular formula is C13H15ClN4. The Balaban J connectivity index is 1.96. The van der Waals surface area contributed by atoms with E-state index in [0.717, 1.165) is 13.0 Å². The highest BCUT2D eigenvalue weighted by Gasteiger charge is 2.03. The summed E-state index contributed by atoms with van der Waals surface area (Å²) in [4.78, 5) is 7.86. The fourth-order valence-corrected chi connectivity index (χ4v) is 1.87. The number of nitrogens with zero attached hydrogens (tertiary/aromatic N) is 2. The van der Waals surface area contributed by atoms with Crippen LogP contribution in [0.25, 0.3) is 0 Å². The standard InChI is InChI=1S/C13H15ClN4/c1-9-4-2-3-5-10(9)6-7-16-12-11(14)8-17-13(15)18-12/h2-5,8H,6-7H2,1H3,(H3,15,16,17,18). The van der Waals surface area contributed by atoms with Crippen molar-refractivity contribution in [1.82, 2.24) is 9.97 Å². The third kappa shape index (κ3) is 3.11. The van der Waals surface area contributed by atoms with Crippen LogP contribution >= 0.6 is 11.6 Å². The second kappa shape index (κ2) is 5.69. The molecule has 0 amide bonds. The highest BCUT2D eigenvalue weighted by atomic mass is 35.5. The average Bonchev–Trinajstić information content (AvgIpc) is 2.36. The summed E-state index contributed by atoms with van der Waals surface area (Å²) in [6, 6.07) is 8.30. The zero-order valence-corrected chi connectivity index (χ0v) is 10.9. The lowest BCUT2D eigenvalue weighted by Gasteiger charge is -2.09. The Hall–Kier alpha value is -1.81. The quantitative estimate of drug-likeness (QED) is 0.889. The van der Waals surface area contributed by atoms with E-state index in [9.17, 15) is 0 Å². The van der Waals surface area contributed by atoms with E-state index >= 15 is 0 Å². The summed E-state index contributed by atoms with van der Waals surface area (Å²) in [6.45, 7) is 2.85. The van der Waals surface area contributed by atoms with Crippen molar-refractivity contribution in [2.45, 2.75) is 13.3 Å². The molecule has 0 atom stereocenters. The van der Waals surface area contributed by atoms with Crippen molar-refractivity contribution in [3.05, 3.63) is 46.6 Å². The number of hydrogen-bond acceptors (Lipinski definition) is 4. The van der Waals surface area contributed by atoms with Gasteiger partial charge in [0.05, 0.1) is 6.20 Å². The lowest BCUT2D eigenvalue weighted by Crippen LogP contribution is -2.09. The van der Waals surface area contributed by atoms with Crippen LogP contribution in [0, 0.1) is 6.92 Å². The molecule has 0 radical (unpaired) electrons. The first kappa shape index (κ1) is 12.6. The number of aromatic nitrogens is 2. The Morgan fingerprint density at radius 1 is 1.33 bits per heavy atom. The first-order chi connectivity index (χ1) is 8.66. The molecule has 0 spiro atoms. The maximum atomic E-state index is 5.97. The van der Waals surface area contributed by atoms with E-state index in [1.807, 2.05) is 12.1 Å². The van der Waals surface area contributed by atoms with E-state index in [2.05, 4.69) is 34.3 Å². The minimum Gasteiger partial charge on any atom is -0.368 e. The van der Waals surface area contributed by atoms with Gasteiger partial charge in [-0.3, -0.25) is 0 Å².